The second-order valence-corrected chi connectivity index (χ2v) is 6.18. The van der Waals surface area contributed by atoms with Crippen molar-refractivity contribution < 1.29 is 5.11 Å². The third kappa shape index (κ3) is 2.85. The van der Waals surface area contributed by atoms with Crippen LogP contribution in [0.15, 0.2) is 45.3 Å². The predicted octanol–water partition coefficient (Wildman–Crippen LogP) is 4.91. The Morgan fingerprint density at radius 2 is 1.67 bits per heavy atom. The summed E-state index contributed by atoms with van der Waals surface area (Å²) in [7, 11) is 0. The molecule has 1 unspecified atom stereocenters. The quantitative estimate of drug-likeness (QED) is 0.797. The van der Waals surface area contributed by atoms with Gasteiger partial charge in [-0.2, -0.15) is 0 Å². The Labute approximate surface area is 124 Å². The average molecular weight is 370 g/mol. The molecule has 2 aromatic carbocycles. The van der Waals surface area contributed by atoms with E-state index in [0.717, 1.165) is 20.1 Å². The molecule has 1 atom stereocenters. The summed E-state index contributed by atoms with van der Waals surface area (Å²) < 4.78 is 1.88. The number of aliphatic hydroxyl groups is 1. The minimum Gasteiger partial charge on any atom is -0.384 e. The first-order chi connectivity index (χ1) is 8.49. The summed E-state index contributed by atoms with van der Waals surface area (Å²) in [4.78, 5) is 0. The normalized spacial score (nSPS) is 12.5. The second-order valence-electron chi connectivity index (χ2n) is 4.41. The fourth-order valence-corrected chi connectivity index (χ4v) is 2.68. The summed E-state index contributed by atoms with van der Waals surface area (Å²) in [6, 6.07) is 11.9. The standard InChI is InChI=1S/C15H14Br2O/c1-9-3-4-11(7-10(9)2)15(18)13-8-12(16)5-6-14(13)17/h3-8,15,18H,1-2H3. The van der Waals surface area contributed by atoms with E-state index in [1.54, 1.807) is 0 Å². The molecule has 0 aromatic heterocycles. The van der Waals surface area contributed by atoms with E-state index in [9.17, 15) is 5.11 Å². The van der Waals surface area contributed by atoms with Gasteiger partial charge in [0.2, 0.25) is 0 Å². The maximum atomic E-state index is 10.5. The van der Waals surface area contributed by atoms with E-state index in [4.69, 9.17) is 0 Å². The van der Waals surface area contributed by atoms with E-state index >= 15 is 0 Å². The molecule has 0 radical (unpaired) electrons. The van der Waals surface area contributed by atoms with Crippen LogP contribution in [0.2, 0.25) is 0 Å². The van der Waals surface area contributed by atoms with E-state index in [1.165, 1.54) is 11.1 Å². The van der Waals surface area contributed by atoms with E-state index in [-0.39, 0.29) is 0 Å². The van der Waals surface area contributed by atoms with Gasteiger partial charge in [0, 0.05) is 14.5 Å². The Kier molecular flexibility index (Phi) is 4.25. The maximum Gasteiger partial charge on any atom is 0.105 e. The molecule has 0 spiro atoms. The van der Waals surface area contributed by atoms with Crippen LogP contribution >= 0.6 is 31.9 Å². The molecule has 0 aliphatic carbocycles. The fraction of sp³-hybridized carbons (Fsp3) is 0.200. The molecule has 1 N–H and O–H groups in total. The zero-order valence-electron chi connectivity index (χ0n) is 10.2. The monoisotopic (exact) mass is 368 g/mol. The fourth-order valence-electron chi connectivity index (χ4n) is 1.84. The Morgan fingerprint density at radius 1 is 0.944 bits per heavy atom. The van der Waals surface area contributed by atoms with Gasteiger partial charge in [0.05, 0.1) is 0 Å². The number of aryl methyl sites for hydroxylation is 2. The molecule has 2 aromatic rings. The van der Waals surface area contributed by atoms with Gasteiger partial charge in [-0.15, -0.1) is 0 Å². The predicted molar refractivity (Wildman–Crippen MR) is 81.8 cm³/mol. The highest BCUT2D eigenvalue weighted by molar-refractivity contribution is 9.11. The van der Waals surface area contributed by atoms with Crippen LogP contribution < -0.4 is 0 Å². The van der Waals surface area contributed by atoms with Crippen molar-refractivity contribution in [2.75, 3.05) is 0 Å². The molecule has 0 fully saturated rings. The van der Waals surface area contributed by atoms with E-state index in [0.29, 0.717) is 0 Å². The lowest BCUT2D eigenvalue weighted by molar-refractivity contribution is 0.219. The van der Waals surface area contributed by atoms with Gasteiger partial charge in [-0.3, -0.25) is 0 Å². The summed E-state index contributed by atoms with van der Waals surface area (Å²) in [6.07, 6.45) is -0.615. The van der Waals surface area contributed by atoms with Gasteiger partial charge in [0.25, 0.3) is 0 Å². The topological polar surface area (TPSA) is 20.2 Å². The van der Waals surface area contributed by atoms with Crippen molar-refractivity contribution in [2.45, 2.75) is 20.0 Å². The number of benzene rings is 2. The lowest BCUT2D eigenvalue weighted by Gasteiger charge is -2.15. The first kappa shape index (κ1) is 13.8. The molecular formula is C15H14Br2O. The molecule has 0 heterocycles. The molecule has 1 nitrogen and oxygen atoms in total. The molecular weight excluding hydrogens is 356 g/mol. The first-order valence-corrected chi connectivity index (χ1v) is 7.28. The van der Waals surface area contributed by atoms with Crippen LogP contribution in [0.4, 0.5) is 0 Å². The van der Waals surface area contributed by atoms with E-state index in [2.05, 4.69) is 45.7 Å². The molecule has 0 bridgehead atoms. The van der Waals surface area contributed by atoms with Crippen LogP contribution in [0.3, 0.4) is 0 Å². The SMILES string of the molecule is Cc1ccc(C(O)c2cc(Br)ccc2Br)cc1C. The van der Waals surface area contributed by atoms with Gasteiger partial charge in [0.15, 0.2) is 0 Å². The summed E-state index contributed by atoms with van der Waals surface area (Å²) in [6.45, 7) is 4.13. The largest absolute Gasteiger partial charge is 0.384 e. The van der Waals surface area contributed by atoms with Crippen LogP contribution in [0.1, 0.15) is 28.4 Å². The third-order valence-corrected chi connectivity index (χ3v) is 4.31. The van der Waals surface area contributed by atoms with Crippen molar-refractivity contribution in [3.63, 3.8) is 0 Å². The van der Waals surface area contributed by atoms with Crippen LogP contribution in [0.25, 0.3) is 0 Å². The molecule has 18 heavy (non-hydrogen) atoms. The summed E-state index contributed by atoms with van der Waals surface area (Å²) in [5.41, 5.74) is 4.21. The Hall–Kier alpha value is -0.640. The molecule has 0 aliphatic rings. The van der Waals surface area contributed by atoms with Crippen LogP contribution in [0, 0.1) is 13.8 Å². The Bertz CT molecular complexity index is 579. The van der Waals surface area contributed by atoms with Gasteiger partial charge in [-0.25, -0.2) is 0 Å². The Balaban J connectivity index is 2.44. The van der Waals surface area contributed by atoms with Crippen molar-refractivity contribution in [2.24, 2.45) is 0 Å². The average Bonchev–Trinajstić information content (AvgIpc) is 2.35. The zero-order chi connectivity index (χ0) is 13.3. The van der Waals surface area contributed by atoms with Gasteiger partial charge in [-0.05, 0) is 48.7 Å². The first-order valence-electron chi connectivity index (χ1n) is 5.69. The molecule has 0 aliphatic heterocycles. The van der Waals surface area contributed by atoms with Crippen molar-refractivity contribution >= 4 is 31.9 Å². The summed E-state index contributed by atoms with van der Waals surface area (Å²) in [5, 5.41) is 10.5. The lowest BCUT2D eigenvalue weighted by Crippen LogP contribution is -2.01. The molecule has 94 valence electrons. The molecule has 2 rings (SSSR count). The number of hydrogen-bond donors (Lipinski definition) is 1. The minimum absolute atomic E-state index is 0.615. The van der Waals surface area contributed by atoms with E-state index in [1.807, 2.05) is 36.4 Å². The third-order valence-electron chi connectivity index (χ3n) is 3.10. The minimum atomic E-state index is -0.615. The highest BCUT2D eigenvalue weighted by Gasteiger charge is 2.14. The van der Waals surface area contributed by atoms with E-state index < -0.39 is 6.10 Å². The molecule has 0 amide bonds. The molecule has 0 saturated carbocycles. The van der Waals surface area contributed by atoms with Gasteiger partial charge in [-0.1, -0.05) is 50.1 Å². The highest BCUT2D eigenvalue weighted by atomic mass is 79.9. The van der Waals surface area contributed by atoms with Crippen LogP contribution in [-0.2, 0) is 0 Å². The number of rotatable bonds is 2. The van der Waals surface area contributed by atoms with Crippen LogP contribution in [0.5, 0.6) is 0 Å². The number of hydrogen-bond acceptors (Lipinski definition) is 1. The second kappa shape index (κ2) is 5.55. The number of aliphatic hydroxyl groups excluding tert-OH is 1. The Morgan fingerprint density at radius 3 is 2.33 bits per heavy atom. The molecule has 0 saturated heterocycles. The number of halogens is 2. The van der Waals surface area contributed by atoms with Crippen molar-refractivity contribution in [1.82, 2.24) is 0 Å². The van der Waals surface area contributed by atoms with Gasteiger partial charge < -0.3 is 5.11 Å². The van der Waals surface area contributed by atoms with Crippen molar-refractivity contribution in [1.29, 1.82) is 0 Å². The lowest BCUT2D eigenvalue weighted by atomic mass is 9.98. The summed E-state index contributed by atoms with van der Waals surface area (Å²) >= 11 is 6.91. The highest BCUT2D eigenvalue weighted by Crippen LogP contribution is 2.31. The van der Waals surface area contributed by atoms with Gasteiger partial charge in [0.1, 0.15) is 6.10 Å². The maximum absolute atomic E-state index is 10.5. The van der Waals surface area contributed by atoms with Gasteiger partial charge >= 0.3 is 0 Å². The van der Waals surface area contributed by atoms with Crippen molar-refractivity contribution in [3.8, 4) is 0 Å². The summed E-state index contributed by atoms with van der Waals surface area (Å²) in [5.74, 6) is 0. The van der Waals surface area contributed by atoms with Crippen LogP contribution in [-0.4, -0.2) is 5.11 Å². The smallest absolute Gasteiger partial charge is 0.105 e. The molecule has 3 heteroatoms. The zero-order valence-corrected chi connectivity index (χ0v) is 13.4. The van der Waals surface area contributed by atoms with Crippen molar-refractivity contribution in [3.05, 3.63) is 67.6 Å².